The number of phenols is 1. The molecule has 0 aliphatic carbocycles. The van der Waals surface area contributed by atoms with Gasteiger partial charge < -0.3 is 20.5 Å². The van der Waals surface area contributed by atoms with Gasteiger partial charge in [-0.05, 0) is 42.0 Å². The Bertz CT molecular complexity index is 669. The minimum Gasteiger partial charge on any atom is -0.508 e. The lowest BCUT2D eigenvalue weighted by atomic mass is 10.1. The molecule has 0 aliphatic rings. The highest BCUT2D eigenvalue weighted by molar-refractivity contribution is 5.78. The van der Waals surface area contributed by atoms with Gasteiger partial charge in [-0.2, -0.15) is 0 Å². The Labute approximate surface area is 142 Å². The standard InChI is InChI=1S/C19H22N2O3/c1-2-12-24-18-5-3-4-15(13-18)14-19(23)21-11-10-20-16-6-8-17(22)9-7-16/h2-9,13,20,22H,1,10-12,14H2,(H,21,23). The second-order valence-electron chi connectivity index (χ2n) is 5.25. The number of amides is 1. The molecule has 24 heavy (non-hydrogen) atoms. The van der Waals surface area contributed by atoms with Crippen molar-refractivity contribution in [2.45, 2.75) is 6.42 Å². The van der Waals surface area contributed by atoms with Gasteiger partial charge >= 0.3 is 0 Å². The van der Waals surface area contributed by atoms with E-state index in [0.717, 1.165) is 17.0 Å². The quantitative estimate of drug-likeness (QED) is 0.376. The zero-order chi connectivity index (χ0) is 17.2. The molecule has 0 saturated carbocycles. The molecule has 0 radical (unpaired) electrons. The maximum Gasteiger partial charge on any atom is 0.224 e. The van der Waals surface area contributed by atoms with Crippen molar-refractivity contribution < 1.29 is 14.6 Å². The van der Waals surface area contributed by atoms with Gasteiger partial charge in [0.15, 0.2) is 0 Å². The van der Waals surface area contributed by atoms with Gasteiger partial charge in [-0.25, -0.2) is 0 Å². The van der Waals surface area contributed by atoms with E-state index >= 15 is 0 Å². The molecule has 2 rings (SSSR count). The maximum atomic E-state index is 12.0. The highest BCUT2D eigenvalue weighted by Crippen LogP contribution is 2.14. The Morgan fingerprint density at radius 3 is 2.71 bits per heavy atom. The summed E-state index contributed by atoms with van der Waals surface area (Å²) in [5, 5.41) is 15.2. The van der Waals surface area contributed by atoms with Crippen molar-refractivity contribution in [1.29, 1.82) is 0 Å². The molecule has 0 heterocycles. The third kappa shape index (κ3) is 6.04. The fourth-order valence-corrected chi connectivity index (χ4v) is 2.14. The van der Waals surface area contributed by atoms with Crippen molar-refractivity contribution in [3.05, 3.63) is 66.7 Å². The summed E-state index contributed by atoms with van der Waals surface area (Å²) in [6, 6.07) is 14.3. The molecule has 0 bridgehead atoms. The van der Waals surface area contributed by atoms with Crippen LogP contribution in [0.25, 0.3) is 0 Å². The largest absolute Gasteiger partial charge is 0.508 e. The van der Waals surface area contributed by atoms with E-state index in [1.165, 1.54) is 0 Å². The van der Waals surface area contributed by atoms with Gasteiger partial charge in [0.2, 0.25) is 5.91 Å². The number of benzene rings is 2. The van der Waals surface area contributed by atoms with E-state index in [2.05, 4.69) is 17.2 Å². The maximum absolute atomic E-state index is 12.0. The van der Waals surface area contributed by atoms with Gasteiger partial charge in [0.1, 0.15) is 18.1 Å². The van der Waals surface area contributed by atoms with Gasteiger partial charge in [-0.3, -0.25) is 4.79 Å². The van der Waals surface area contributed by atoms with E-state index in [9.17, 15) is 9.90 Å². The van der Waals surface area contributed by atoms with Gasteiger partial charge in [0.05, 0.1) is 6.42 Å². The lowest BCUT2D eigenvalue weighted by Gasteiger charge is -2.09. The summed E-state index contributed by atoms with van der Waals surface area (Å²) >= 11 is 0. The van der Waals surface area contributed by atoms with E-state index in [1.54, 1.807) is 30.3 Å². The topological polar surface area (TPSA) is 70.6 Å². The Balaban J connectivity index is 1.71. The number of hydrogen-bond acceptors (Lipinski definition) is 4. The molecule has 2 aromatic carbocycles. The molecule has 2 aromatic rings. The summed E-state index contributed by atoms with van der Waals surface area (Å²) < 4.78 is 5.46. The molecule has 5 nitrogen and oxygen atoms in total. The van der Waals surface area contributed by atoms with Crippen LogP contribution in [0.4, 0.5) is 5.69 Å². The van der Waals surface area contributed by atoms with E-state index in [4.69, 9.17) is 4.74 Å². The number of carbonyl (C=O) groups is 1. The van der Waals surface area contributed by atoms with Crippen molar-refractivity contribution >= 4 is 11.6 Å². The molecule has 0 atom stereocenters. The summed E-state index contributed by atoms with van der Waals surface area (Å²) in [5.74, 6) is 0.922. The molecule has 3 N–H and O–H groups in total. The van der Waals surface area contributed by atoms with Crippen molar-refractivity contribution in [3.8, 4) is 11.5 Å². The van der Waals surface area contributed by atoms with Gasteiger partial charge in [-0.15, -0.1) is 0 Å². The predicted octanol–water partition coefficient (Wildman–Crippen LogP) is 2.73. The number of rotatable bonds is 9. The molecule has 0 aliphatic heterocycles. The number of nitrogens with one attached hydrogen (secondary N) is 2. The predicted molar refractivity (Wildman–Crippen MR) is 95.4 cm³/mol. The number of phenolic OH excluding ortho intramolecular Hbond substituents is 1. The second-order valence-corrected chi connectivity index (χ2v) is 5.25. The van der Waals surface area contributed by atoms with Crippen LogP contribution >= 0.6 is 0 Å². The van der Waals surface area contributed by atoms with Crippen LogP contribution in [0.2, 0.25) is 0 Å². The third-order valence-electron chi connectivity index (χ3n) is 3.27. The summed E-state index contributed by atoms with van der Waals surface area (Å²) in [6.45, 7) is 5.18. The zero-order valence-electron chi connectivity index (χ0n) is 13.5. The van der Waals surface area contributed by atoms with E-state index in [1.807, 2.05) is 24.3 Å². The Hall–Kier alpha value is -2.95. The van der Waals surface area contributed by atoms with Gasteiger partial charge in [0, 0.05) is 18.8 Å². The Morgan fingerprint density at radius 2 is 1.96 bits per heavy atom. The molecule has 5 heteroatoms. The van der Waals surface area contributed by atoms with Crippen molar-refractivity contribution in [1.82, 2.24) is 5.32 Å². The Kier molecular flexibility index (Phi) is 6.71. The summed E-state index contributed by atoms with van der Waals surface area (Å²) in [7, 11) is 0. The third-order valence-corrected chi connectivity index (χ3v) is 3.27. The van der Waals surface area contributed by atoms with Gasteiger partial charge in [-0.1, -0.05) is 24.8 Å². The number of carbonyl (C=O) groups excluding carboxylic acids is 1. The summed E-state index contributed by atoms with van der Waals surface area (Å²) in [4.78, 5) is 12.0. The van der Waals surface area contributed by atoms with Crippen LogP contribution in [0.15, 0.2) is 61.2 Å². The molecule has 0 unspecified atom stereocenters. The van der Waals surface area contributed by atoms with Crippen molar-refractivity contribution in [2.75, 3.05) is 25.0 Å². The second kappa shape index (κ2) is 9.25. The molecular weight excluding hydrogens is 304 g/mol. The van der Waals surface area contributed by atoms with Crippen LogP contribution in [-0.4, -0.2) is 30.7 Å². The molecule has 0 fully saturated rings. The molecule has 1 amide bonds. The summed E-state index contributed by atoms with van der Waals surface area (Å²) in [5.41, 5.74) is 1.80. The van der Waals surface area contributed by atoms with Crippen LogP contribution in [0.5, 0.6) is 11.5 Å². The van der Waals surface area contributed by atoms with E-state index < -0.39 is 0 Å². The SMILES string of the molecule is C=CCOc1cccc(CC(=O)NCCNc2ccc(O)cc2)c1. The minimum absolute atomic E-state index is 0.0385. The molecular formula is C19H22N2O3. The first-order valence-electron chi connectivity index (χ1n) is 7.79. The molecule has 0 saturated heterocycles. The first-order chi connectivity index (χ1) is 11.7. The number of aromatic hydroxyl groups is 1. The van der Waals surface area contributed by atoms with Crippen LogP contribution in [-0.2, 0) is 11.2 Å². The lowest BCUT2D eigenvalue weighted by molar-refractivity contribution is -0.120. The number of anilines is 1. The van der Waals surface area contributed by atoms with Crippen LogP contribution < -0.4 is 15.4 Å². The monoisotopic (exact) mass is 326 g/mol. The minimum atomic E-state index is -0.0385. The van der Waals surface area contributed by atoms with Gasteiger partial charge in [0.25, 0.3) is 0 Å². The zero-order valence-corrected chi connectivity index (χ0v) is 13.5. The van der Waals surface area contributed by atoms with Crippen LogP contribution in [0, 0.1) is 0 Å². The van der Waals surface area contributed by atoms with Crippen LogP contribution in [0.1, 0.15) is 5.56 Å². The Morgan fingerprint density at radius 1 is 1.17 bits per heavy atom. The first kappa shape index (κ1) is 17.4. The van der Waals surface area contributed by atoms with E-state index in [-0.39, 0.29) is 11.7 Å². The normalized spacial score (nSPS) is 10.0. The average molecular weight is 326 g/mol. The smallest absolute Gasteiger partial charge is 0.224 e. The number of ether oxygens (including phenoxy) is 1. The van der Waals surface area contributed by atoms with E-state index in [0.29, 0.717) is 26.1 Å². The first-order valence-corrected chi connectivity index (χ1v) is 7.79. The van der Waals surface area contributed by atoms with Crippen molar-refractivity contribution in [3.63, 3.8) is 0 Å². The highest BCUT2D eigenvalue weighted by Gasteiger charge is 2.04. The van der Waals surface area contributed by atoms with Crippen LogP contribution in [0.3, 0.4) is 0 Å². The molecule has 0 spiro atoms. The summed E-state index contributed by atoms with van der Waals surface area (Å²) in [6.07, 6.45) is 1.99. The van der Waals surface area contributed by atoms with Crippen molar-refractivity contribution in [2.24, 2.45) is 0 Å². The average Bonchev–Trinajstić information content (AvgIpc) is 2.59. The lowest BCUT2D eigenvalue weighted by Crippen LogP contribution is -2.30. The highest BCUT2D eigenvalue weighted by atomic mass is 16.5. The molecule has 126 valence electrons. The fraction of sp³-hybridized carbons (Fsp3) is 0.211. The molecule has 0 aromatic heterocycles. The fourth-order valence-electron chi connectivity index (χ4n) is 2.14. The number of hydrogen-bond donors (Lipinski definition) is 3.